The number of hydrogen-bond donors (Lipinski definition) is 2. The lowest BCUT2D eigenvalue weighted by molar-refractivity contribution is 0.144. The molecule has 0 aliphatic rings. The van der Waals surface area contributed by atoms with Crippen LogP contribution >= 0.6 is 0 Å². The summed E-state index contributed by atoms with van der Waals surface area (Å²) in [5, 5.41) is 23.0. The summed E-state index contributed by atoms with van der Waals surface area (Å²) in [6.45, 7) is 3.81. The molecule has 50 heavy (non-hydrogen) atoms. The number of aryl methyl sites for hydroxylation is 4. The quantitative estimate of drug-likeness (QED) is 0.219. The zero-order chi connectivity index (χ0) is 36.0. The Morgan fingerprint density at radius 3 is 0.940 bits per heavy atom. The van der Waals surface area contributed by atoms with Crippen LogP contribution in [0.4, 0.5) is 0 Å². The topological polar surface area (TPSA) is 84.5 Å². The fourth-order valence-electron chi connectivity index (χ4n) is 4.88. The summed E-state index contributed by atoms with van der Waals surface area (Å²) in [6.07, 6.45) is 3.52. The van der Waals surface area contributed by atoms with Crippen molar-refractivity contribution in [3.63, 3.8) is 0 Å². The van der Waals surface area contributed by atoms with Gasteiger partial charge in [-0.25, -0.2) is 0 Å². The molecule has 250 valence electrons. The fourth-order valence-corrected chi connectivity index (χ4v) is 4.88. The second kappa shape index (κ2) is 17.3. The molecular formula is C44H40N2O4. The smallest absolute Gasteiger partial charge is 0.250 e. The second-order valence-electron chi connectivity index (χ2n) is 11.7. The van der Waals surface area contributed by atoms with Gasteiger partial charge in [-0.1, -0.05) is 121 Å². The van der Waals surface area contributed by atoms with Gasteiger partial charge in [-0.3, -0.25) is 9.59 Å². The second-order valence-corrected chi connectivity index (χ2v) is 11.7. The monoisotopic (exact) mass is 660 g/mol. The summed E-state index contributed by atoms with van der Waals surface area (Å²) in [7, 11) is 3.48. The Kier molecular flexibility index (Phi) is 12.7. The number of rotatable bonds is 4. The molecule has 2 N–H and O–H groups in total. The molecule has 6 nitrogen and oxygen atoms in total. The summed E-state index contributed by atoms with van der Waals surface area (Å²) >= 11 is 0. The van der Waals surface area contributed by atoms with Gasteiger partial charge in [0, 0.05) is 60.9 Å². The summed E-state index contributed by atoms with van der Waals surface area (Å²) in [5.41, 5.74) is 1.71. The van der Waals surface area contributed by atoms with Gasteiger partial charge in [-0.2, -0.15) is 0 Å². The third-order valence-corrected chi connectivity index (χ3v) is 7.84. The summed E-state index contributed by atoms with van der Waals surface area (Å²) in [6, 6.07) is 44.1. The van der Waals surface area contributed by atoms with Gasteiger partial charge in [0.15, 0.2) is 11.2 Å². The van der Waals surface area contributed by atoms with Gasteiger partial charge in [0.25, 0.3) is 11.1 Å². The Labute approximate surface area is 293 Å². The van der Waals surface area contributed by atoms with Crippen LogP contribution in [0.15, 0.2) is 168 Å². The SMILES string of the molecule is Cc1ccn(C)c(=O)c1.Cc1ccn(C)c(=O)c1.OC(C#CC#CC(O)(c1ccccc1)c1ccccc1)(c1ccccc1)c1ccccc1. The van der Waals surface area contributed by atoms with E-state index in [-0.39, 0.29) is 11.1 Å². The maximum Gasteiger partial charge on any atom is 0.250 e. The summed E-state index contributed by atoms with van der Waals surface area (Å²) < 4.78 is 3.10. The molecule has 0 aliphatic heterocycles. The molecule has 0 radical (unpaired) electrons. The lowest BCUT2D eigenvalue weighted by Crippen LogP contribution is -2.25. The predicted octanol–water partition coefficient (Wildman–Crippen LogP) is 6.25. The van der Waals surface area contributed by atoms with Crippen molar-refractivity contribution < 1.29 is 10.2 Å². The summed E-state index contributed by atoms with van der Waals surface area (Å²) in [5.74, 6) is 11.4. The average molecular weight is 661 g/mol. The van der Waals surface area contributed by atoms with Gasteiger partial charge in [0.1, 0.15) is 0 Å². The van der Waals surface area contributed by atoms with E-state index in [4.69, 9.17) is 0 Å². The first kappa shape index (κ1) is 36.7. The zero-order valence-corrected chi connectivity index (χ0v) is 28.6. The third-order valence-electron chi connectivity index (χ3n) is 7.84. The minimum atomic E-state index is -1.52. The van der Waals surface area contributed by atoms with E-state index in [1.54, 1.807) is 47.8 Å². The maximum atomic E-state index is 11.5. The van der Waals surface area contributed by atoms with E-state index in [9.17, 15) is 19.8 Å². The Morgan fingerprint density at radius 1 is 0.460 bits per heavy atom. The standard InChI is InChI=1S/C30H22O2.2C7H9NO/c31-29(25-15-5-1-6-16-25,26-17-7-2-8-18-26)23-13-14-24-30(32,27-19-9-3-10-20-27)28-21-11-4-12-22-28;2*1-6-3-4-8(2)7(9)5-6/h1-12,15-22,31-32H;2*3-5H,1-2H3. The van der Waals surface area contributed by atoms with Crippen LogP contribution in [0.25, 0.3) is 0 Å². The van der Waals surface area contributed by atoms with Crippen molar-refractivity contribution >= 4 is 0 Å². The normalized spacial score (nSPS) is 10.4. The van der Waals surface area contributed by atoms with Gasteiger partial charge >= 0.3 is 0 Å². The molecule has 0 saturated heterocycles. The molecule has 0 saturated carbocycles. The van der Waals surface area contributed by atoms with Crippen molar-refractivity contribution in [3.05, 3.63) is 212 Å². The third kappa shape index (κ3) is 9.69. The number of pyridine rings is 2. The van der Waals surface area contributed by atoms with Crippen LogP contribution in [-0.4, -0.2) is 19.3 Å². The zero-order valence-electron chi connectivity index (χ0n) is 28.6. The first-order chi connectivity index (χ1) is 24.0. The molecule has 0 unspecified atom stereocenters. The number of aliphatic hydroxyl groups is 2. The van der Waals surface area contributed by atoms with Crippen LogP contribution in [0.5, 0.6) is 0 Å². The van der Waals surface area contributed by atoms with Crippen LogP contribution in [0, 0.1) is 37.5 Å². The largest absolute Gasteiger partial charge is 0.369 e. The Morgan fingerprint density at radius 2 is 0.720 bits per heavy atom. The molecule has 0 atom stereocenters. The molecule has 6 rings (SSSR count). The van der Waals surface area contributed by atoms with Gasteiger partial charge in [0.2, 0.25) is 0 Å². The van der Waals surface area contributed by atoms with Crippen LogP contribution in [0.3, 0.4) is 0 Å². The van der Waals surface area contributed by atoms with Crippen molar-refractivity contribution in [3.8, 4) is 23.7 Å². The number of hydrogen-bond acceptors (Lipinski definition) is 4. The highest BCUT2D eigenvalue weighted by atomic mass is 16.3. The van der Waals surface area contributed by atoms with Gasteiger partial charge in [0.05, 0.1) is 0 Å². The van der Waals surface area contributed by atoms with Gasteiger partial charge in [-0.05, 0) is 60.8 Å². The van der Waals surface area contributed by atoms with Gasteiger partial charge < -0.3 is 19.3 Å². The van der Waals surface area contributed by atoms with Crippen molar-refractivity contribution in [1.29, 1.82) is 0 Å². The minimum absolute atomic E-state index is 0.0509. The molecule has 2 aromatic heterocycles. The molecule has 6 heteroatoms. The van der Waals surface area contributed by atoms with Crippen molar-refractivity contribution in [1.82, 2.24) is 9.13 Å². The molecule has 0 aliphatic carbocycles. The van der Waals surface area contributed by atoms with Crippen LogP contribution in [-0.2, 0) is 25.3 Å². The van der Waals surface area contributed by atoms with E-state index >= 15 is 0 Å². The van der Waals surface area contributed by atoms with E-state index in [2.05, 4.69) is 23.7 Å². The minimum Gasteiger partial charge on any atom is -0.369 e. The van der Waals surface area contributed by atoms with Crippen molar-refractivity contribution in [2.24, 2.45) is 14.1 Å². The first-order valence-corrected chi connectivity index (χ1v) is 16.0. The number of nitrogens with zero attached hydrogens (tertiary/aromatic N) is 2. The Hall–Kier alpha value is -6.18. The van der Waals surface area contributed by atoms with E-state index in [1.165, 1.54) is 0 Å². The molecule has 2 heterocycles. The molecule has 0 spiro atoms. The van der Waals surface area contributed by atoms with Gasteiger partial charge in [-0.15, -0.1) is 0 Å². The molecule has 0 amide bonds. The Balaban J connectivity index is 0.000000253. The highest BCUT2D eigenvalue weighted by Crippen LogP contribution is 2.30. The lowest BCUT2D eigenvalue weighted by atomic mass is 9.86. The summed E-state index contributed by atoms with van der Waals surface area (Å²) in [4.78, 5) is 21.6. The molecular weight excluding hydrogens is 620 g/mol. The number of benzene rings is 4. The first-order valence-electron chi connectivity index (χ1n) is 16.0. The fraction of sp³-hybridized carbons (Fsp3) is 0.136. The van der Waals surface area contributed by atoms with Crippen molar-refractivity contribution in [2.75, 3.05) is 0 Å². The van der Waals surface area contributed by atoms with Crippen LogP contribution in [0.1, 0.15) is 33.4 Å². The van der Waals surface area contributed by atoms with Crippen molar-refractivity contribution in [2.45, 2.75) is 25.0 Å². The lowest BCUT2D eigenvalue weighted by Gasteiger charge is -2.23. The van der Waals surface area contributed by atoms with E-state index in [0.29, 0.717) is 22.3 Å². The highest BCUT2D eigenvalue weighted by Gasteiger charge is 2.30. The van der Waals surface area contributed by atoms with Crippen LogP contribution in [0.2, 0.25) is 0 Å². The van der Waals surface area contributed by atoms with E-state index < -0.39 is 11.2 Å². The average Bonchev–Trinajstić information content (AvgIpc) is 3.15. The predicted molar refractivity (Wildman–Crippen MR) is 200 cm³/mol. The van der Waals surface area contributed by atoms with E-state index in [0.717, 1.165) is 11.1 Å². The van der Waals surface area contributed by atoms with Crippen LogP contribution < -0.4 is 11.1 Å². The number of aromatic nitrogens is 2. The molecule has 4 aromatic carbocycles. The molecule has 0 fully saturated rings. The highest BCUT2D eigenvalue weighted by molar-refractivity contribution is 5.50. The molecule has 6 aromatic rings. The maximum absolute atomic E-state index is 11.5. The molecule has 0 bridgehead atoms. The Bertz CT molecular complexity index is 1980. The van der Waals surface area contributed by atoms with E-state index in [1.807, 2.05) is 147 Å².